The molecule has 1 N–H and O–H groups in total. The molecule has 0 bridgehead atoms. The Morgan fingerprint density at radius 2 is 2.25 bits per heavy atom. The van der Waals surface area contributed by atoms with Crippen molar-refractivity contribution in [2.45, 2.75) is 26.7 Å². The Morgan fingerprint density at radius 1 is 1.58 bits per heavy atom. The van der Waals surface area contributed by atoms with Gasteiger partial charge in [0.15, 0.2) is 5.78 Å². The number of rotatable bonds is 4. The van der Waals surface area contributed by atoms with Crippen LogP contribution in [-0.2, 0) is 0 Å². The summed E-state index contributed by atoms with van der Waals surface area (Å²) in [5.41, 5.74) is 0.698. The van der Waals surface area contributed by atoms with E-state index in [0.717, 1.165) is 12.8 Å². The van der Waals surface area contributed by atoms with Gasteiger partial charge in [-0.25, -0.2) is 0 Å². The fourth-order valence-electron chi connectivity index (χ4n) is 1.28. The minimum absolute atomic E-state index is 0.155. The number of ketones is 1. The fraction of sp³-hybridized carbons (Fsp3) is 0.556. The zero-order valence-corrected chi connectivity index (χ0v) is 7.50. The standard InChI is InChI=1S/C9H14N2O/c1-3-7(4-2)9(12)8-5-10-11-6-8/h5-7H,3-4H2,1-2H3,(H,10,11). The SMILES string of the molecule is CCC(CC)C(=O)c1cn[nH]c1. The van der Waals surface area contributed by atoms with E-state index >= 15 is 0 Å². The van der Waals surface area contributed by atoms with Gasteiger partial charge >= 0.3 is 0 Å². The zero-order chi connectivity index (χ0) is 8.97. The van der Waals surface area contributed by atoms with E-state index in [9.17, 15) is 4.79 Å². The third-order valence-corrected chi connectivity index (χ3v) is 2.14. The molecule has 1 rings (SSSR count). The molecular formula is C9H14N2O. The molecule has 12 heavy (non-hydrogen) atoms. The Bertz CT molecular complexity index is 237. The van der Waals surface area contributed by atoms with Crippen molar-refractivity contribution in [3.8, 4) is 0 Å². The molecule has 1 aromatic heterocycles. The molecule has 0 aliphatic carbocycles. The summed E-state index contributed by atoms with van der Waals surface area (Å²) in [6, 6.07) is 0. The lowest BCUT2D eigenvalue weighted by atomic mass is 9.95. The van der Waals surface area contributed by atoms with Crippen molar-refractivity contribution < 1.29 is 4.79 Å². The van der Waals surface area contributed by atoms with Crippen LogP contribution >= 0.6 is 0 Å². The monoisotopic (exact) mass is 166 g/mol. The minimum atomic E-state index is 0.155. The van der Waals surface area contributed by atoms with Crippen molar-refractivity contribution in [2.75, 3.05) is 0 Å². The Kier molecular flexibility index (Phi) is 3.02. The number of hydrogen-bond acceptors (Lipinski definition) is 2. The van der Waals surface area contributed by atoms with Gasteiger partial charge in [-0.05, 0) is 12.8 Å². The Morgan fingerprint density at radius 3 is 2.67 bits per heavy atom. The van der Waals surface area contributed by atoms with Crippen LogP contribution in [0.3, 0.4) is 0 Å². The zero-order valence-electron chi connectivity index (χ0n) is 7.50. The molecule has 0 saturated carbocycles. The van der Waals surface area contributed by atoms with Crippen LogP contribution in [-0.4, -0.2) is 16.0 Å². The van der Waals surface area contributed by atoms with Crippen LogP contribution in [0.4, 0.5) is 0 Å². The highest BCUT2D eigenvalue weighted by molar-refractivity contribution is 5.97. The van der Waals surface area contributed by atoms with Crippen LogP contribution in [0.25, 0.3) is 0 Å². The van der Waals surface area contributed by atoms with E-state index in [4.69, 9.17) is 0 Å². The highest BCUT2D eigenvalue weighted by Gasteiger charge is 2.16. The molecule has 0 aromatic carbocycles. The first kappa shape index (κ1) is 8.97. The van der Waals surface area contributed by atoms with Gasteiger partial charge in [0, 0.05) is 12.1 Å². The van der Waals surface area contributed by atoms with Crippen molar-refractivity contribution in [2.24, 2.45) is 5.92 Å². The normalized spacial score (nSPS) is 10.6. The lowest BCUT2D eigenvalue weighted by Gasteiger charge is -2.08. The Hall–Kier alpha value is -1.12. The lowest BCUT2D eigenvalue weighted by molar-refractivity contribution is 0.0913. The van der Waals surface area contributed by atoms with Gasteiger partial charge in [0.1, 0.15) is 0 Å². The molecule has 0 spiro atoms. The third-order valence-electron chi connectivity index (χ3n) is 2.14. The first-order chi connectivity index (χ1) is 5.79. The summed E-state index contributed by atoms with van der Waals surface area (Å²) in [5.74, 6) is 0.358. The second-order valence-corrected chi connectivity index (χ2v) is 2.86. The summed E-state index contributed by atoms with van der Waals surface area (Å²) in [7, 11) is 0. The predicted molar refractivity (Wildman–Crippen MR) is 47.0 cm³/mol. The van der Waals surface area contributed by atoms with E-state index in [1.807, 2.05) is 13.8 Å². The minimum Gasteiger partial charge on any atom is -0.294 e. The van der Waals surface area contributed by atoms with E-state index in [1.54, 1.807) is 12.4 Å². The quantitative estimate of drug-likeness (QED) is 0.695. The van der Waals surface area contributed by atoms with E-state index < -0.39 is 0 Å². The Balaban J connectivity index is 2.70. The number of carbonyl (C=O) groups excluding carboxylic acids is 1. The molecule has 3 heteroatoms. The van der Waals surface area contributed by atoms with Crippen molar-refractivity contribution in [1.29, 1.82) is 0 Å². The van der Waals surface area contributed by atoms with Crippen molar-refractivity contribution in [1.82, 2.24) is 10.2 Å². The molecule has 0 radical (unpaired) electrons. The van der Waals surface area contributed by atoms with Crippen LogP contribution in [0.15, 0.2) is 12.4 Å². The second kappa shape index (κ2) is 4.04. The maximum Gasteiger partial charge on any atom is 0.169 e. The molecule has 0 atom stereocenters. The van der Waals surface area contributed by atoms with Gasteiger partial charge in [-0.15, -0.1) is 0 Å². The predicted octanol–water partition coefficient (Wildman–Crippen LogP) is 2.03. The van der Waals surface area contributed by atoms with Gasteiger partial charge in [-0.3, -0.25) is 9.89 Å². The number of H-pyrrole nitrogens is 1. The molecule has 0 saturated heterocycles. The smallest absolute Gasteiger partial charge is 0.169 e. The topological polar surface area (TPSA) is 45.8 Å². The molecular weight excluding hydrogens is 152 g/mol. The number of nitrogens with one attached hydrogen (secondary N) is 1. The van der Waals surface area contributed by atoms with Gasteiger partial charge in [0.2, 0.25) is 0 Å². The molecule has 0 aliphatic heterocycles. The third kappa shape index (κ3) is 1.72. The molecule has 1 heterocycles. The maximum absolute atomic E-state index is 11.6. The first-order valence-corrected chi connectivity index (χ1v) is 4.32. The molecule has 1 aromatic rings. The summed E-state index contributed by atoms with van der Waals surface area (Å²) in [6.07, 6.45) is 5.04. The molecule has 0 amide bonds. The molecule has 0 aliphatic rings. The second-order valence-electron chi connectivity index (χ2n) is 2.86. The fourth-order valence-corrected chi connectivity index (χ4v) is 1.28. The van der Waals surface area contributed by atoms with E-state index in [-0.39, 0.29) is 11.7 Å². The molecule has 0 unspecified atom stereocenters. The lowest BCUT2D eigenvalue weighted by Crippen LogP contribution is -2.11. The van der Waals surface area contributed by atoms with E-state index in [0.29, 0.717) is 5.56 Å². The molecule has 66 valence electrons. The molecule has 3 nitrogen and oxygen atoms in total. The van der Waals surface area contributed by atoms with Crippen LogP contribution in [0.2, 0.25) is 0 Å². The largest absolute Gasteiger partial charge is 0.294 e. The van der Waals surface area contributed by atoms with Gasteiger partial charge in [0.25, 0.3) is 0 Å². The van der Waals surface area contributed by atoms with Gasteiger partial charge in [-0.1, -0.05) is 13.8 Å². The Labute approximate surface area is 72.2 Å². The van der Waals surface area contributed by atoms with Crippen molar-refractivity contribution in [3.63, 3.8) is 0 Å². The van der Waals surface area contributed by atoms with Crippen LogP contribution in [0.1, 0.15) is 37.0 Å². The van der Waals surface area contributed by atoms with Gasteiger partial charge in [-0.2, -0.15) is 5.10 Å². The van der Waals surface area contributed by atoms with Gasteiger partial charge < -0.3 is 0 Å². The number of carbonyl (C=O) groups is 1. The summed E-state index contributed by atoms with van der Waals surface area (Å²) >= 11 is 0. The summed E-state index contributed by atoms with van der Waals surface area (Å²) in [6.45, 7) is 4.07. The number of aromatic amines is 1. The summed E-state index contributed by atoms with van der Waals surface area (Å²) < 4.78 is 0. The average molecular weight is 166 g/mol. The van der Waals surface area contributed by atoms with Crippen molar-refractivity contribution in [3.05, 3.63) is 18.0 Å². The van der Waals surface area contributed by atoms with E-state index in [1.165, 1.54) is 0 Å². The van der Waals surface area contributed by atoms with Gasteiger partial charge in [0.05, 0.1) is 11.8 Å². The number of nitrogens with zero attached hydrogens (tertiary/aromatic N) is 1. The van der Waals surface area contributed by atoms with Crippen LogP contribution in [0.5, 0.6) is 0 Å². The van der Waals surface area contributed by atoms with E-state index in [2.05, 4.69) is 10.2 Å². The average Bonchev–Trinajstić information content (AvgIpc) is 2.58. The van der Waals surface area contributed by atoms with Crippen LogP contribution < -0.4 is 0 Å². The highest BCUT2D eigenvalue weighted by Crippen LogP contribution is 2.14. The van der Waals surface area contributed by atoms with Crippen molar-refractivity contribution >= 4 is 5.78 Å². The number of hydrogen-bond donors (Lipinski definition) is 1. The molecule has 0 fully saturated rings. The first-order valence-electron chi connectivity index (χ1n) is 4.32. The highest BCUT2D eigenvalue weighted by atomic mass is 16.1. The maximum atomic E-state index is 11.6. The summed E-state index contributed by atoms with van der Waals surface area (Å²) in [5, 5.41) is 6.39. The number of aromatic nitrogens is 2. The summed E-state index contributed by atoms with van der Waals surface area (Å²) in [4.78, 5) is 11.6. The van der Waals surface area contributed by atoms with Crippen LogP contribution in [0, 0.1) is 5.92 Å². The number of Topliss-reactive ketones (excluding diaryl/α,β-unsaturated/α-hetero) is 1.